The second-order valence-corrected chi connectivity index (χ2v) is 3.83. The molecule has 0 spiro atoms. The number of hydrogen-bond acceptors (Lipinski definition) is 9. The number of aliphatic hydroxyl groups excluding tert-OH is 6. The largest absolute Gasteiger partial charge is 0.431 e. The Morgan fingerprint density at radius 2 is 1.78 bits per heavy atom. The predicted octanol–water partition coefficient (Wildman–Crippen LogP) is -4.32. The summed E-state index contributed by atoms with van der Waals surface area (Å²) in [6, 6.07) is 0. The molecule has 106 valence electrons. The normalized spacial score (nSPS) is 38.2. The van der Waals surface area contributed by atoms with Crippen molar-refractivity contribution in [1.29, 1.82) is 0 Å². The van der Waals surface area contributed by atoms with E-state index in [2.05, 4.69) is 4.74 Å². The number of rotatable bonds is 4. The SMILES string of the molecule is O=C(OC1O[C@H](CO)[C@@H](O)[C@H](O)[C@H]1O)C(O)CO. The molecule has 0 aromatic carbocycles. The van der Waals surface area contributed by atoms with E-state index < -0.39 is 56.0 Å². The van der Waals surface area contributed by atoms with Crippen molar-refractivity contribution in [2.45, 2.75) is 36.8 Å². The molecule has 0 aromatic rings. The molecule has 1 aliphatic heterocycles. The zero-order valence-corrected chi connectivity index (χ0v) is 9.29. The van der Waals surface area contributed by atoms with Crippen LogP contribution in [0.15, 0.2) is 0 Å². The van der Waals surface area contributed by atoms with E-state index in [9.17, 15) is 20.1 Å². The Kier molecular flexibility index (Phi) is 5.41. The third kappa shape index (κ3) is 3.14. The van der Waals surface area contributed by atoms with E-state index >= 15 is 0 Å². The molecule has 0 amide bonds. The molecule has 6 N–H and O–H groups in total. The van der Waals surface area contributed by atoms with Crippen molar-refractivity contribution in [1.82, 2.24) is 0 Å². The first-order chi connectivity index (χ1) is 8.42. The lowest BCUT2D eigenvalue weighted by Crippen LogP contribution is -2.59. The molecule has 1 heterocycles. The molecule has 0 aliphatic carbocycles. The number of hydrogen-bond donors (Lipinski definition) is 6. The minimum atomic E-state index is -1.81. The Labute approximate surface area is 102 Å². The van der Waals surface area contributed by atoms with Gasteiger partial charge in [0.2, 0.25) is 6.29 Å². The molecule has 0 bridgehead atoms. The maximum atomic E-state index is 11.1. The molecule has 1 fully saturated rings. The van der Waals surface area contributed by atoms with Crippen LogP contribution in [-0.2, 0) is 14.3 Å². The summed E-state index contributed by atoms with van der Waals surface area (Å²) in [6.45, 7) is -1.54. The van der Waals surface area contributed by atoms with Gasteiger partial charge in [0.15, 0.2) is 6.10 Å². The van der Waals surface area contributed by atoms with Gasteiger partial charge >= 0.3 is 5.97 Å². The summed E-state index contributed by atoms with van der Waals surface area (Å²) in [5, 5.41) is 54.6. The number of carbonyl (C=O) groups excluding carboxylic acids is 1. The van der Waals surface area contributed by atoms with Crippen molar-refractivity contribution < 1.29 is 44.9 Å². The highest BCUT2D eigenvalue weighted by Gasteiger charge is 2.45. The molecule has 18 heavy (non-hydrogen) atoms. The van der Waals surface area contributed by atoms with Crippen LogP contribution in [0.2, 0.25) is 0 Å². The van der Waals surface area contributed by atoms with Gasteiger partial charge in [-0.25, -0.2) is 4.79 Å². The average molecular weight is 268 g/mol. The molecule has 1 aliphatic rings. The Balaban J connectivity index is 2.67. The lowest BCUT2D eigenvalue weighted by Gasteiger charge is -2.39. The highest BCUT2D eigenvalue weighted by atomic mass is 16.7. The number of esters is 1. The third-order valence-electron chi connectivity index (χ3n) is 2.53. The summed E-state index contributed by atoms with van der Waals surface area (Å²) in [7, 11) is 0. The first kappa shape index (κ1) is 15.2. The predicted molar refractivity (Wildman–Crippen MR) is 53.0 cm³/mol. The first-order valence-electron chi connectivity index (χ1n) is 5.22. The summed E-state index contributed by atoms with van der Waals surface area (Å²) >= 11 is 0. The van der Waals surface area contributed by atoms with Gasteiger partial charge in [-0.2, -0.15) is 0 Å². The maximum Gasteiger partial charge on any atom is 0.339 e. The van der Waals surface area contributed by atoms with Crippen molar-refractivity contribution in [3.05, 3.63) is 0 Å². The van der Waals surface area contributed by atoms with Crippen LogP contribution < -0.4 is 0 Å². The summed E-state index contributed by atoms with van der Waals surface area (Å²) in [6.07, 6.45) is -9.67. The van der Waals surface area contributed by atoms with Gasteiger partial charge in [-0.1, -0.05) is 0 Å². The van der Waals surface area contributed by atoms with E-state index in [1.165, 1.54) is 0 Å². The molecular weight excluding hydrogens is 252 g/mol. The zero-order chi connectivity index (χ0) is 13.9. The summed E-state index contributed by atoms with van der Waals surface area (Å²) in [4.78, 5) is 11.1. The van der Waals surface area contributed by atoms with E-state index in [1.807, 2.05) is 0 Å². The molecule has 2 unspecified atom stereocenters. The van der Waals surface area contributed by atoms with Gasteiger partial charge < -0.3 is 40.1 Å². The van der Waals surface area contributed by atoms with Crippen LogP contribution in [0.3, 0.4) is 0 Å². The third-order valence-corrected chi connectivity index (χ3v) is 2.53. The molecule has 6 atom stereocenters. The number of ether oxygens (including phenoxy) is 2. The minimum absolute atomic E-state index is 0.665. The highest BCUT2D eigenvalue weighted by molar-refractivity contribution is 5.74. The van der Waals surface area contributed by atoms with Crippen molar-refractivity contribution in [2.75, 3.05) is 13.2 Å². The molecule has 0 aromatic heterocycles. The van der Waals surface area contributed by atoms with Crippen molar-refractivity contribution >= 4 is 5.97 Å². The lowest BCUT2D eigenvalue weighted by atomic mass is 9.99. The van der Waals surface area contributed by atoms with Crippen molar-refractivity contribution in [2.24, 2.45) is 0 Å². The summed E-state index contributed by atoms with van der Waals surface area (Å²) in [5.74, 6) is -1.26. The van der Waals surface area contributed by atoms with Gasteiger partial charge in [-0.05, 0) is 0 Å². The smallest absolute Gasteiger partial charge is 0.339 e. The molecule has 1 rings (SSSR count). The van der Waals surface area contributed by atoms with E-state index in [1.54, 1.807) is 0 Å². The summed E-state index contributed by atoms with van der Waals surface area (Å²) in [5.41, 5.74) is 0. The monoisotopic (exact) mass is 268 g/mol. The Bertz CT molecular complexity index is 281. The van der Waals surface area contributed by atoms with Gasteiger partial charge in [-0.3, -0.25) is 0 Å². The molecule has 1 saturated heterocycles. The van der Waals surface area contributed by atoms with Gasteiger partial charge in [0.25, 0.3) is 0 Å². The fourth-order valence-corrected chi connectivity index (χ4v) is 1.43. The van der Waals surface area contributed by atoms with Crippen LogP contribution in [0.4, 0.5) is 0 Å². The van der Waals surface area contributed by atoms with Crippen LogP contribution >= 0.6 is 0 Å². The van der Waals surface area contributed by atoms with Crippen molar-refractivity contribution in [3.8, 4) is 0 Å². The van der Waals surface area contributed by atoms with E-state index in [4.69, 9.17) is 20.1 Å². The standard InChI is InChI=1S/C9H16O9/c10-1-3(12)8(16)18-9-7(15)6(14)5(13)4(2-11)17-9/h3-7,9-15H,1-2H2/t3?,4-,5-,6+,7-,9?/m1/s1. The van der Waals surface area contributed by atoms with E-state index in [0.717, 1.165) is 0 Å². The van der Waals surface area contributed by atoms with Gasteiger partial charge in [-0.15, -0.1) is 0 Å². The quantitative estimate of drug-likeness (QED) is 0.277. The van der Waals surface area contributed by atoms with Gasteiger partial charge in [0.05, 0.1) is 13.2 Å². The topological polar surface area (TPSA) is 157 Å². The van der Waals surface area contributed by atoms with E-state index in [-0.39, 0.29) is 0 Å². The average Bonchev–Trinajstić information content (AvgIpc) is 2.38. The maximum absolute atomic E-state index is 11.1. The van der Waals surface area contributed by atoms with Crippen LogP contribution in [0.1, 0.15) is 0 Å². The molecule has 0 saturated carbocycles. The van der Waals surface area contributed by atoms with Crippen LogP contribution in [-0.4, -0.2) is 86.6 Å². The van der Waals surface area contributed by atoms with Crippen LogP contribution in [0, 0.1) is 0 Å². The van der Waals surface area contributed by atoms with Gasteiger partial charge in [0, 0.05) is 0 Å². The summed E-state index contributed by atoms with van der Waals surface area (Å²) < 4.78 is 9.35. The number of aliphatic hydroxyl groups is 6. The van der Waals surface area contributed by atoms with Crippen LogP contribution in [0.25, 0.3) is 0 Å². The Morgan fingerprint density at radius 1 is 1.17 bits per heavy atom. The molecular formula is C9H16O9. The zero-order valence-electron chi connectivity index (χ0n) is 9.29. The van der Waals surface area contributed by atoms with E-state index in [0.29, 0.717) is 0 Å². The second-order valence-electron chi connectivity index (χ2n) is 3.83. The Morgan fingerprint density at radius 3 is 2.28 bits per heavy atom. The lowest BCUT2D eigenvalue weighted by molar-refractivity contribution is -0.294. The number of carbonyl (C=O) groups is 1. The fourth-order valence-electron chi connectivity index (χ4n) is 1.43. The molecule has 0 radical (unpaired) electrons. The van der Waals surface area contributed by atoms with Crippen LogP contribution in [0.5, 0.6) is 0 Å². The van der Waals surface area contributed by atoms with Crippen molar-refractivity contribution in [3.63, 3.8) is 0 Å². The second kappa shape index (κ2) is 6.38. The first-order valence-corrected chi connectivity index (χ1v) is 5.22. The molecule has 9 heteroatoms. The highest BCUT2D eigenvalue weighted by Crippen LogP contribution is 2.22. The Hall–Kier alpha value is -0.810. The fraction of sp³-hybridized carbons (Fsp3) is 0.889. The minimum Gasteiger partial charge on any atom is -0.431 e. The molecule has 9 nitrogen and oxygen atoms in total. The van der Waals surface area contributed by atoms with Gasteiger partial charge in [0.1, 0.15) is 24.4 Å².